The molecule has 1 fully saturated rings. The van der Waals surface area contributed by atoms with Crippen LogP contribution in [-0.2, 0) is 4.79 Å². The number of aliphatic hydroxyl groups excluding tert-OH is 1. The number of nitrogens with zero attached hydrogens (tertiary/aromatic N) is 3. The van der Waals surface area contributed by atoms with Crippen LogP contribution in [0, 0.1) is 5.82 Å². The van der Waals surface area contributed by atoms with E-state index in [0.717, 1.165) is 0 Å². The molecule has 6 nitrogen and oxygen atoms in total. The molecule has 1 aromatic rings. The zero-order valence-electron chi connectivity index (χ0n) is 16.2. The molecule has 1 atom stereocenters. The van der Waals surface area contributed by atoms with Crippen LogP contribution in [0.25, 0.3) is 0 Å². The first-order valence-corrected chi connectivity index (χ1v) is 8.87. The van der Waals surface area contributed by atoms with Crippen molar-refractivity contribution in [1.29, 1.82) is 0 Å². The number of rotatable bonds is 4. The lowest BCUT2D eigenvalue weighted by Crippen LogP contribution is -2.66. The number of carbonyl (C=O) groups is 1. The Hall–Kier alpha value is -2.15. The van der Waals surface area contributed by atoms with E-state index in [4.69, 9.17) is 0 Å². The number of nitrogens with one attached hydrogen (secondary N) is 1. The SMILES string of the molecule is CN=C(NCC(O)c1cccc(F)c1)N1CC(=O)N(C(C)C)C(C)(C)C1. The number of hydrogen-bond acceptors (Lipinski definition) is 3. The molecule has 0 spiro atoms. The molecule has 7 heteroatoms. The fourth-order valence-electron chi connectivity index (χ4n) is 3.66. The van der Waals surface area contributed by atoms with Crippen molar-refractivity contribution in [3.8, 4) is 0 Å². The van der Waals surface area contributed by atoms with Crippen molar-refractivity contribution in [2.24, 2.45) is 4.99 Å². The second kappa shape index (κ2) is 8.03. The summed E-state index contributed by atoms with van der Waals surface area (Å²) in [5.74, 6) is 0.207. The van der Waals surface area contributed by atoms with Gasteiger partial charge in [-0.1, -0.05) is 12.1 Å². The summed E-state index contributed by atoms with van der Waals surface area (Å²) in [6, 6.07) is 6.01. The summed E-state index contributed by atoms with van der Waals surface area (Å²) in [4.78, 5) is 20.6. The van der Waals surface area contributed by atoms with Crippen molar-refractivity contribution in [3.05, 3.63) is 35.6 Å². The Morgan fingerprint density at radius 2 is 2.12 bits per heavy atom. The Morgan fingerprint density at radius 1 is 1.42 bits per heavy atom. The molecule has 0 radical (unpaired) electrons. The third-order valence-corrected chi connectivity index (χ3v) is 4.54. The van der Waals surface area contributed by atoms with Crippen LogP contribution in [0.2, 0.25) is 0 Å². The fourth-order valence-corrected chi connectivity index (χ4v) is 3.66. The normalized spacial score (nSPS) is 19.1. The lowest BCUT2D eigenvalue weighted by Gasteiger charge is -2.49. The van der Waals surface area contributed by atoms with Crippen LogP contribution < -0.4 is 5.32 Å². The van der Waals surface area contributed by atoms with Gasteiger partial charge in [0.15, 0.2) is 5.96 Å². The molecular weight excluding hydrogens is 335 g/mol. The van der Waals surface area contributed by atoms with Crippen LogP contribution in [0.15, 0.2) is 29.3 Å². The van der Waals surface area contributed by atoms with Gasteiger partial charge >= 0.3 is 0 Å². The summed E-state index contributed by atoms with van der Waals surface area (Å²) in [5, 5.41) is 13.4. The molecule has 1 saturated heterocycles. The molecule has 0 aliphatic carbocycles. The molecule has 1 aromatic carbocycles. The number of aliphatic hydroxyl groups is 1. The number of hydrogen-bond donors (Lipinski definition) is 2. The van der Waals surface area contributed by atoms with E-state index in [0.29, 0.717) is 18.1 Å². The minimum Gasteiger partial charge on any atom is -0.387 e. The van der Waals surface area contributed by atoms with Crippen LogP contribution in [0.4, 0.5) is 4.39 Å². The standard InChI is InChI=1S/C19H29FN4O2/c1-13(2)24-17(26)11-23(12-19(24,3)4)18(21-5)22-10-16(25)14-7-6-8-15(20)9-14/h6-9,13,16,25H,10-12H2,1-5H3,(H,21,22). The first-order valence-electron chi connectivity index (χ1n) is 8.87. The number of benzene rings is 1. The van der Waals surface area contributed by atoms with Crippen LogP contribution in [0.1, 0.15) is 39.4 Å². The number of aliphatic imine (C=N–C) groups is 1. The molecule has 144 valence electrons. The van der Waals surface area contributed by atoms with Gasteiger partial charge in [0.05, 0.1) is 18.2 Å². The Bertz CT molecular complexity index is 675. The van der Waals surface area contributed by atoms with Gasteiger partial charge in [0.1, 0.15) is 5.82 Å². The van der Waals surface area contributed by atoms with E-state index in [1.807, 2.05) is 37.5 Å². The molecule has 1 amide bonds. The Morgan fingerprint density at radius 3 is 2.65 bits per heavy atom. The molecule has 2 rings (SSSR count). The maximum Gasteiger partial charge on any atom is 0.242 e. The summed E-state index contributed by atoms with van der Waals surface area (Å²) in [6.07, 6.45) is -0.872. The molecule has 0 aromatic heterocycles. The van der Waals surface area contributed by atoms with E-state index >= 15 is 0 Å². The van der Waals surface area contributed by atoms with Gasteiger partial charge in [-0.05, 0) is 45.4 Å². The largest absolute Gasteiger partial charge is 0.387 e. The Labute approximate surface area is 154 Å². The van der Waals surface area contributed by atoms with E-state index in [1.54, 1.807) is 19.2 Å². The van der Waals surface area contributed by atoms with Crippen LogP contribution >= 0.6 is 0 Å². The van der Waals surface area contributed by atoms with Crippen molar-refractivity contribution in [1.82, 2.24) is 15.1 Å². The highest BCUT2D eigenvalue weighted by atomic mass is 19.1. The molecule has 26 heavy (non-hydrogen) atoms. The summed E-state index contributed by atoms with van der Waals surface area (Å²) < 4.78 is 13.3. The Balaban J connectivity index is 2.04. The highest BCUT2D eigenvalue weighted by molar-refractivity contribution is 5.88. The fraction of sp³-hybridized carbons (Fsp3) is 0.579. The maximum atomic E-state index is 13.3. The third kappa shape index (κ3) is 4.52. The van der Waals surface area contributed by atoms with Gasteiger partial charge in [-0.2, -0.15) is 0 Å². The average molecular weight is 364 g/mol. The van der Waals surface area contributed by atoms with Crippen molar-refractivity contribution < 1.29 is 14.3 Å². The molecule has 1 aliphatic heterocycles. The van der Waals surface area contributed by atoms with Gasteiger partial charge in [0.25, 0.3) is 0 Å². The predicted octanol–water partition coefficient (Wildman–Crippen LogP) is 1.77. The molecular formula is C19H29FN4O2. The van der Waals surface area contributed by atoms with Gasteiger partial charge < -0.3 is 20.2 Å². The lowest BCUT2D eigenvalue weighted by atomic mass is 9.96. The minimum absolute atomic E-state index is 0.0462. The second-order valence-corrected chi connectivity index (χ2v) is 7.52. The zero-order valence-corrected chi connectivity index (χ0v) is 16.2. The predicted molar refractivity (Wildman–Crippen MR) is 100 cm³/mol. The van der Waals surface area contributed by atoms with Gasteiger partial charge in [0, 0.05) is 26.2 Å². The first kappa shape index (κ1) is 20.2. The number of guanidine groups is 1. The highest BCUT2D eigenvalue weighted by Gasteiger charge is 2.40. The molecule has 1 aliphatic rings. The quantitative estimate of drug-likeness (QED) is 0.631. The molecule has 2 N–H and O–H groups in total. The molecule has 1 unspecified atom stereocenters. The zero-order chi connectivity index (χ0) is 19.5. The van der Waals surface area contributed by atoms with E-state index in [1.165, 1.54) is 12.1 Å². The number of carbonyl (C=O) groups excluding carboxylic acids is 1. The molecule has 0 bridgehead atoms. The summed E-state index contributed by atoms with van der Waals surface area (Å²) in [5.41, 5.74) is 0.163. The lowest BCUT2D eigenvalue weighted by molar-refractivity contribution is -0.145. The highest BCUT2D eigenvalue weighted by Crippen LogP contribution is 2.24. The van der Waals surface area contributed by atoms with E-state index in [-0.39, 0.29) is 36.4 Å². The number of piperazine rings is 1. The number of halogens is 1. The van der Waals surface area contributed by atoms with E-state index in [9.17, 15) is 14.3 Å². The Kier molecular flexibility index (Phi) is 6.23. The van der Waals surface area contributed by atoms with Crippen molar-refractivity contribution >= 4 is 11.9 Å². The third-order valence-electron chi connectivity index (χ3n) is 4.54. The van der Waals surface area contributed by atoms with Crippen molar-refractivity contribution in [3.63, 3.8) is 0 Å². The van der Waals surface area contributed by atoms with Gasteiger partial charge in [-0.3, -0.25) is 9.79 Å². The van der Waals surface area contributed by atoms with Gasteiger partial charge in [-0.25, -0.2) is 4.39 Å². The number of amides is 1. The molecule has 1 heterocycles. The van der Waals surface area contributed by atoms with Gasteiger partial charge in [0.2, 0.25) is 5.91 Å². The van der Waals surface area contributed by atoms with Crippen LogP contribution in [0.3, 0.4) is 0 Å². The monoisotopic (exact) mass is 364 g/mol. The van der Waals surface area contributed by atoms with E-state index in [2.05, 4.69) is 10.3 Å². The summed E-state index contributed by atoms with van der Waals surface area (Å²) in [7, 11) is 1.64. The minimum atomic E-state index is -0.872. The maximum absolute atomic E-state index is 13.3. The van der Waals surface area contributed by atoms with E-state index < -0.39 is 6.10 Å². The smallest absolute Gasteiger partial charge is 0.242 e. The average Bonchev–Trinajstić information content (AvgIpc) is 2.53. The summed E-state index contributed by atoms with van der Waals surface area (Å²) in [6.45, 7) is 9.13. The molecule has 0 saturated carbocycles. The first-order chi connectivity index (χ1) is 12.2. The van der Waals surface area contributed by atoms with Crippen LogP contribution in [-0.4, -0.2) is 65.0 Å². The van der Waals surface area contributed by atoms with Gasteiger partial charge in [-0.15, -0.1) is 0 Å². The topological polar surface area (TPSA) is 68.2 Å². The van der Waals surface area contributed by atoms with Crippen molar-refractivity contribution in [2.45, 2.75) is 45.4 Å². The van der Waals surface area contributed by atoms with Crippen LogP contribution in [0.5, 0.6) is 0 Å². The summed E-state index contributed by atoms with van der Waals surface area (Å²) >= 11 is 0. The second-order valence-electron chi connectivity index (χ2n) is 7.52. The van der Waals surface area contributed by atoms with Crippen molar-refractivity contribution in [2.75, 3.05) is 26.7 Å².